The van der Waals surface area contributed by atoms with Crippen molar-refractivity contribution >= 4 is 17.5 Å². The lowest BCUT2D eigenvalue weighted by atomic mass is 10.3. The molecule has 7 heteroatoms. The highest BCUT2D eigenvalue weighted by Crippen LogP contribution is 2.23. The summed E-state index contributed by atoms with van der Waals surface area (Å²) in [5.41, 5.74) is 5.58. The zero-order chi connectivity index (χ0) is 18.6. The molecule has 0 fully saturated rings. The standard InChI is InChI=1S/C19H22N2O5/c20-18(22)10-11-26-17-9-5-4-8-16(17)21-19(23)14-24-12-13-25-15-6-2-1-3-7-15/h1-9H,10-14H2,(H2,20,22)(H,21,23). The predicted octanol–water partition coefficient (Wildman–Crippen LogP) is 1.97. The quantitative estimate of drug-likeness (QED) is 0.598. The number of anilines is 1. The van der Waals surface area contributed by atoms with Gasteiger partial charge in [-0.25, -0.2) is 0 Å². The number of ether oxygens (including phenoxy) is 3. The Morgan fingerprint density at radius 2 is 1.62 bits per heavy atom. The highest BCUT2D eigenvalue weighted by atomic mass is 16.5. The zero-order valence-electron chi connectivity index (χ0n) is 14.4. The smallest absolute Gasteiger partial charge is 0.250 e. The second-order valence-corrected chi connectivity index (χ2v) is 5.32. The Morgan fingerprint density at radius 1 is 0.885 bits per heavy atom. The van der Waals surface area contributed by atoms with E-state index in [1.807, 2.05) is 30.3 Å². The van der Waals surface area contributed by atoms with Crippen LogP contribution in [0.2, 0.25) is 0 Å². The molecule has 0 saturated heterocycles. The Kier molecular flexibility index (Phi) is 7.95. The Bertz CT molecular complexity index is 706. The lowest BCUT2D eigenvalue weighted by molar-refractivity contribution is -0.121. The number of nitrogens with one attached hydrogen (secondary N) is 1. The molecular formula is C19H22N2O5. The summed E-state index contributed by atoms with van der Waals surface area (Å²) in [4.78, 5) is 22.7. The number of carbonyl (C=O) groups is 2. The molecule has 26 heavy (non-hydrogen) atoms. The highest BCUT2D eigenvalue weighted by Gasteiger charge is 2.08. The van der Waals surface area contributed by atoms with Crippen LogP contribution in [0.5, 0.6) is 11.5 Å². The number of para-hydroxylation sites is 3. The molecule has 0 aromatic heterocycles. The second-order valence-electron chi connectivity index (χ2n) is 5.32. The maximum atomic E-state index is 12.0. The third-order valence-electron chi connectivity index (χ3n) is 3.24. The van der Waals surface area contributed by atoms with E-state index in [9.17, 15) is 9.59 Å². The SMILES string of the molecule is NC(=O)CCOc1ccccc1NC(=O)COCCOc1ccccc1. The molecule has 2 aromatic rings. The Balaban J connectivity index is 1.69. The van der Waals surface area contributed by atoms with Crippen molar-refractivity contribution in [1.29, 1.82) is 0 Å². The third-order valence-corrected chi connectivity index (χ3v) is 3.24. The molecule has 0 saturated carbocycles. The zero-order valence-corrected chi connectivity index (χ0v) is 14.4. The fourth-order valence-corrected chi connectivity index (χ4v) is 2.04. The van der Waals surface area contributed by atoms with Gasteiger partial charge in [-0.1, -0.05) is 30.3 Å². The first kappa shape index (κ1) is 19.3. The monoisotopic (exact) mass is 358 g/mol. The van der Waals surface area contributed by atoms with Crippen LogP contribution < -0.4 is 20.5 Å². The molecule has 2 aromatic carbocycles. The molecule has 0 unspecified atom stereocenters. The fraction of sp³-hybridized carbons (Fsp3) is 0.263. The third kappa shape index (κ3) is 7.23. The minimum atomic E-state index is -0.447. The summed E-state index contributed by atoms with van der Waals surface area (Å²) in [5, 5.41) is 2.71. The van der Waals surface area contributed by atoms with E-state index < -0.39 is 5.91 Å². The van der Waals surface area contributed by atoms with E-state index in [1.54, 1.807) is 24.3 Å². The van der Waals surface area contributed by atoms with Crippen LogP contribution in [0.1, 0.15) is 6.42 Å². The number of carbonyl (C=O) groups excluding carboxylic acids is 2. The molecule has 138 valence electrons. The van der Waals surface area contributed by atoms with Crippen LogP contribution in [0.3, 0.4) is 0 Å². The van der Waals surface area contributed by atoms with Crippen LogP contribution in [0.25, 0.3) is 0 Å². The minimum absolute atomic E-state index is 0.103. The van der Waals surface area contributed by atoms with E-state index in [0.29, 0.717) is 24.7 Å². The lowest BCUT2D eigenvalue weighted by Crippen LogP contribution is -2.21. The molecule has 0 atom stereocenters. The van der Waals surface area contributed by atoms with Gasteiger partial charge in [-0.3, -0.25) is 9.59 Å². The summed E-state index contributed by atoms with van der Waals surface area (Å²) in [7, 11) is 0. The molecule has 0 aliphatic rings. The Labute approximate surface area is 152 Å². The number of nitrogens with two attached hydrogens (primary N) is 1. The number of hydrogen-bond donors (Lipinski definition) is 2. The van der Waals surface area contributed by atoms with Crippen molar-refractivity contribution in [1.82, 2.24) is 0 Å². The summed E-state index contributed by atoms with van der Waals surface area (Å²) >= 11 is 0. The van der Waals surface area contributed by atoms with Crippen molar-refractivity contribution in [3.63, 3.8) is 0 Å². The highest BCUT2D eigenvalue weighted by molar-refractivity contribution is 5.93. The molecule has 0 spiro atoms. The molecule has 0 heterocycles. The number of rotatable bonds is 11. The largest absolute Gasteiger partial charge is 0.491 e. The van der Waals surface area contributed by atoms with Crippen LogP contribution in [0, 0.1) is 0 Å². The van der Waals surface area contributed by atoms with Gasteiger partial charge in [0.15, 0.2) is 0 Å². The molecule has 2 rings (SSSR count). The van der Waals surface area contributed by atoms with Gasteiger partial charge in [-0.05, 0) is 24.3 Å². The lowest BCUT2D eigenvalue weighted by Gasteiger charge is -2.12. The molecule has 3 N–H and O–H groups in total. The topological polar surface area (TPSA) is 99.9 Å². The molecule has 0 radical (unpaired) electrons. The van der Waals surface area contributed by atoms with Gasteiger partial charge in [0, 0.05) is 0 Å². The van der Waals surface area contributed by atoms with Gasteiger partial charge < -0.3 is 25.3 Å². The van der Waals surface area contributed by atoms with Gasteiger partial charge in [-0.2, -0.15) is 0 Å². The number of hydrogen-bond acceptors (Lipinski definition) is 5. The maximum Gasteiger partial charge on any atom is 0.250 e. The van der Waals surface area contributed by atoms with E-state index in [1.165, 1.54) is 0 Å². The van der Waals surface area contributed by atoms with Crippen LogP contribution in [0.4, 0.5) is 5.69 Å². The van der Waals surface area contributed by atoms with Crippen LogP contribution in [-0.4, -0.2) is 38.2 Å². The molecule has 2 amide bonds. The minimum Gasteiger partial charge on any atom is -0.491 e. The van der Waals surface area contributed by atoms with E-state index in [2.05, 4.69) is 5.32 Å². The van der Waals surface area contributed by atoms with Crippen molar-refractivity contribution in [2.24, 2.45) is 5.73 Å². The van der Waals surface area contributed by atoms with Gasteiger partial charge in [0.25, 0.3) is 0 Å². The van der Waals surface area contributed by atoms with Crippen molar-refractivity contribution in [3.05, 3.63) is 54.6 Å². The van der Waals surface area contributed by atoms with Crippen molar-refractivity contribution in [2.75, 3.05) is 31.7 Å². The Morgan fingerprint density at radius 3 is 2.38 bits per heavy atom. The van der Waals surface area contributed by atoms with Crippen LogP contribution >= 0.6 is 0 Å². The van der Waals surface area contributed by atoms with Crippen LogP contribution in [0.15, 0.2) is 54.6 Å². The summed E-state index contributed by atoms with van der Waals surface area (Å²) < 4.78 is 16.2. The molecule has 7 nitrogen and oxygen atoms in total. The van der Waals surface area contributed by atoms with Crippen molar-refractivity contribution in [3.8, 4) is 11.5 Å². The number of amides is 2. The normalized spacial score (nSPS) is 10.2. The number of primary amides is 1. The molecule has 0 aliphatic heterocycles. The van der Waals surface area contributed by atoms with E-state index in [-0.39, 0.29) is 25.5 Å². The maximum absolute atomic E-state index is 12.0. The Hall–Kier alpha value is -3.06. The first-order chi connectivity index (χ1) is 12.6. The summed E-state index contributed by atoms with van der Waals surface area (Å²) in [6.45, 7) is 0.687. The van der Waals surface area contributed by atoms with E-state index >= 15 is 0 Å². The second kappa shape index (κ2) is 10.7. The van der Waals surface area contributed by atoms with Gasteiger partial charge in [0.2, 0.25) is 11.8 Å². The summed E-state index contributed by atoms with van der Waals surface area (Å²) in [6, 6.07) is 16.3. The number of benzene rings is 2. The van der Waals surface area contributed by atoms with Gasteiger partial charge >= 0.3 is 0 Å². The van der Waals surface area contributed by atoms with E-state index in [0.717, 1.165) is 5.75 Å². The van der Waals surface area contributed by atoms with Gasteiger partial charge in [0.05, 0.1) is 25.3 Å². The molecule has 0 aliphatic carbocycles. The van der Waals surface area contributed by atoms with Crippen molar-refractivity contribution in [2.45, 2.75) is 6.42 Å². The molecule has 0 bridgehead atoms. The average Bonchev–Trinajstić information content (AvgIpc) is 2.63. The first-order valence-corrected chi connectivity index (χ1v) is 8.21. The fourth-order valence-electron chi connectivity index (χ4n) is 2.04. The first-order valence-electron chi connectivity index (χ1n) is 8.21. The predicted molar refractivity (Wildman–Crippen MR) is 97.1 cm³/mol. The average molecular weight is 358 g/mol. The van der Waals surface area contributed by atoms with Crippen LogP contribution in [-0.2, 0) is 14.3 Å². The van der Waals surface area contributed by atoms with E-state index in [4.69, 9.17) is 19.9 Å². The summed E-state index contributed by atoms with van der Waals surface area (Å²) in [6.07, 6.45) is 0.104. The van der Waals surface area contributed by atoms with Gasteiger partial charge in [-0.15, -0.1) is 0 Å². The molecular weight excluding hydrogens is 336 g/mol. The summed E-state index contributed by atoms with van der Waals surface area (Å²) in [5.74, 6) is 0.463. The van der Waals surface area contributed by atoms with Crippen molar-refractivity contribution < 1.29 is 23.8 Å². The van der Waals surface area contributed by atoms with Gasteiger partial charge in [0.1, 0.15) is 24.7 Å².